The molecule has 0 aliphatic carbocycles. The summed E-state index contributed by atoms with van der Waals surface area (Å²) in [5.74, 6) is 0.166. The lowest BCUT2D eigenvalue weighted by atomic mass is 10.0. The van der Waals surface area contributed by atoms with E-state index >= 15 is 0 Å². The Bertz CT molecular complexity index is 442. The van der Waals surface area contributed by atoms with E-state index < -0.39 is 0 Å². The van der Waals surface area contributed by atoms with Crippen LogP contribution in [0.1, 0.15) is 31.7 Å². The number of nitrogens with one attached hydrogen (secondary N) is 2. The zero-order valence-corrected chi connectivity index (χ0v) is 14.1. The van der Waals surface area contributed by atoms with Gasteiger partial charge in [-0.05, 0) is 50.4 Å². The molecular formula is C15H22BrClN2O. The minimum absolute atomic E-state index is 0. The molecule has 1 fully saturated rings. The fourth-order valence-electron chi connectivity index (χ4n) is 2.51. The van der Waals surface area contributed by atoms with Crippen molar-refractivity contribution in [1.29, 1.82) is 0 Å². The molecule has 112 valence electrons. The van der Waals surface area contributed by atoms with Gasteiger partial charge in [0.05, 0.1) is 0 Å². The number of rotatable bonds is 4. The minimum Gasteiger partial charge on any atom is -0.353 e. The fourth-order valence-corrected chi connectivity index (χ4v) is 2.96. The van der Waals surface area contributed by atoms with Crippen molar-refractivity contribution in [3.63, 3.8) is 0 Å². The fraction of sp³-hybridized carbons (Fsp3) is 0.533. The molecule has 2 rings (SSSR count). The molecular weight excluding hydrogens is 340 g/mol. The number of amides is 1. The van der Waals surface area contributed by atoms with Gasteiger partial charge >= 0.3 is 0 Å². The standard InChI is InChI=1S/C15H21BrN2O.ClH/c1-11-9-14(7-8-17-11)18-15(19)6-5-12-3-2-4-13(16)10-12;/h2-4,10-11,14,17H,5-9H2,1H3,(H,18,19);1H. The van der Waals surface area contributed by atoms with Crippen molar-refractivity contribution in [2.24, 2.45) is 0 Å². The van der Waals surface area contributed by atoms with E-state index in [0.29, 0.717) is 18.5 Å². The summed E-state index contributed by atoms with van der Waals surface area (Å²) in [6, 6.07) is 8.98. The van der Waals surface area contributed by atoms with Crippen LogP contribution in [0.3, 0.4) is 0 Å². The maximum Gasteiger partial charge on any atom is 0.220 e. The molecule has 0 radical (unpaired) electrons. The van der Waals surface area contributed by atoms with Gasteiger partial charge in [-0.15, -0.1) is 12.4 Å². The number of benzene rings is 1. The average Bonchev–Trinajstić information content (AvgIpc) is 2.36. The van der Waals surface area contributed by atoms with Crippen molar-refractivity contribution < 1.29 is 4.79 Å². The molecule has 1 aliphatic rings. The van der Waals surface area contributed by atoms with Crippen LogP contribution in [0, 0.1) is 0 Å². The molecule has 5 heteroatoms. The second kappa shape index (κ2) is 8.65. The number of carbonyl (C=O) groups is 1. The van der Waals surface area contributed by atoms with Crippen molar-refractivity contribution >= 4 is 34.2 Å². The Morgan fingerprint density at radius 2 is 2.30 bits per heavy atom. The average molecular weight is 362 g/mol. The largest absolute Gasteiger partial charge is 0.353 e. The van der Waals surface area contributed by atoms with E-state index in [1.165, 1.54) is 5.56 Å². The van der Waals surface area contributed by atoms with Crippen molar-refractivity contribution in [3.05, 3.63) is 34.3 Å². The van der Waals surface area contributed by atoms with Crippen LogP contribution < -0.4 is 10.6 Å². The molecule has 1 aromatic rings. The van der Waals surface area contributed by atoms with Crippen LogP contribution in [0.2, 0.25) is 0 Å². The SMILES string of the molecule is CC1CC(NC(=O)CCc2cccc(Br)c2)CCN1.Cl. The third kappa shape index (κ3) is 5.81. The first kappa shape index (κ1) is 17.5. The van der Waals surface area contributed by atoms with E-state index in [4.69, 9.17) is 0 Å². The van der Waals surface area contributed by atoms with E-state index in [9.17, 15) is 4.79 Å². The first-order chi connectivity index (χ1) is 9.13. The van der Waals surface area contributed by atoms with Gasteiger partial charge in [-0.3, -0.25) is 4.79 Å². The van der Waals surface area contributed by atoms with Gasteiger partial charge in [-0.1, -0.05) is 28.1 Å². The van der Waals surface area contributed by atoms with Crippen molar-refractivity contribution in [2.75, 3.05) is 6.54 Å². The molecule has 20 heavy (non-hydrogen) atoms. The Kier molecular flexibility index (Phi) is 7.56. The van der Waals surface area contributed by atoms with Gasteiger partial charge in [0.1, 0.15) is 0 Å². The van der Waals surface area contributed by atoms with Crippen molar-refractivity contribution in [1.82, 2.24) is 10.6 Å². The van der Waals surface area contributed by atoms with Gasteiger partial charge in [0.15, 0.2) is 0 Å². The summed E-state index contributed by atoms with van der Waals surface area (Å²) in [4.78, 5) is 11.9. The summed E-state index contributed by atoms with van der Waals surface area (Å²) >= 11 is 3.45. The molecule has 1 aliphatic heterocycles. The predicted molar refractivity (Wildman–Crippen MR) is 88.3 cm³/mol. The highest BCUT2D eigenvalue weighted by Crippen LogP contribution is 2.13. The number of aryl methyl sites for hydroxylation is 1. The predicted octanol–water partition coefficient (Wildman–Crippen LogP) is 3.06. The zero-order valence-electron chi connectivity index (χ0n) is 11.7. The van der Waals surface area contributed by atoms with Gasteiger partial charge in [0.2, 0.25) is 5.91 Å². The summed E-state index contributed by atoms with van der Waals surface area (Å²) < 4.78 is 1.07. The van der Waals surface area contributed by atoms with Crippen LogP contribution in [-0.4, -0.2) is 24.5 Å². The van der Waals surface area contributed by atoms with E-state index in [1.807, 2.05) is 12.1 Å². The lowest BCUT2D eigenvalue weighted by molar-refractivity contribution is -0.122. The number of carbonyl (C=O) groups excluding carboxylic acids is 1. The second-order valence-corrected chi connectivity index (χ2v) is 6.19. The van der Waals surface area contributed by atoms with Gasteiger partial charge < -0.3 is 10.6 Å². The Labute approximate surface area is 135 Å². The molecule has 1 amide bonds. The maximum absolute atomic E-state index is 11.9. The highest BCUT2D eigenvalue weighted by Gasteiger charge is 2.19. The van der Waals surface area contributed by atoms with Crippen molar-refractivity contribution in [3.8, 4) is 0 Å². The van der Waals surface area contributed by atoms with Crippen LogP contribution >= 0.6 is 28.3 Å². The molecule has 1 saturated heterocycles. The molecule has 1 heterocycles. The Morgan fingerprint density at radius 3 is 3.00 bits per heavy atom. The van der Waals surface area contributed by atoms with E-state index in [1.54, 1.807) is 0 Å². The van der Waals surface area contributed by atoms with Crippen molar-refractivity contribution in [2.45, 2.75) is 44.7 Å². The minimum atomic E-state index is 0. The smallest absolute Gasteiger partial charge is 0.220 e. The van der Waals surface area contributed by atoms with Gasteiger partial charge in [-0.25, -0.2) is 0 Å². The number of halogens is 2. The van der Waals surface area contributed by atoms with Gasteiger partial charge in [0, 0.05) is 23.0 Å². The summed E-state index contributed by atoms with van der Waals surface area (Å²) in [5, 5.41) is 6.54. The van der Waals surface area contributed by atoms with E-state index in [0.717, 1.165) is 30.3 Å². The maximum atomic E-state index is 11.9. The monoisotopic (exact) mass is 360 g/mol. The van der Waals surface area contributed by atoms with Gasteiger partial charge in [-0.2, -0.15) is 0 Å². The summed E-state index contributed by atoms with van der Waals surface area (Å²) in [5.41, 5.74) is 1.20. The summed E-state index contributed by atoms with van der Waals surface area (Å²) in [6.45, 7) is 3.16. The van der Waals surface area contributed by atoms with E-state index in [-0.39, 0.29) is 18.3 Å². The topological polar surface area (TPSA) is 41.1 Å². The number of hydrogen-bond acceptors (Lipinski definition) is 2. The Morgan fingerprint density at radius 1 is 1.50 bits per heavy atom. The molecule has 0 spiro atoms. The highest BCUT2D eigenvalue weighted by atomic mass is 79.9. The molecule has 0 saturated carbocycles. The molecule has 0 bridgehead atoms. The van der Waals surface area contributed by atoms with Crippen LogP contribution in [0.15, 0.2) is 28.7 Å². The third-order valence-corrected chi connectivity index (χ3v) is 4.01. The summed E-state index contributed by atoms with van der Waals surface area (Å²) in [6.07, 6.45) is 3.43. The zero-order chi connectivity index (χ0) is 13.7. The quantitative estimate of drug-likeness (QED) is 0.865. The second-order valence-electron chi connectivity index (χ2n) is 5.27. The Hall–Kier alpha value is -0.580. The first-order valence-corrected chi connectivity index (χ1v) is 7.70. The number of piperidine rings is 1. The normalized spacial score (nSPS) is 21.9. The molecule has 2 N–H and O–H groups in total. The molecule has 3 nitrogen and oxygen atoms in total. The van der Waals surface area contributed by atoms with Crippen LogP contribution in [0.5, 0.6) is 0 Å². The Balaban J connectivity index is 0.00000200. The molecule has 2 atom stereocenters. The van der Waals surface area contributed by atoms with Crippen LogP contribution in [-0.2, 0) is 11.2 Å². The summed E-state index contributed by atoms with van der Waals surface area (Å²) in [7, 11) is 0. The molecule has 1 aromatic carbocycles. The highest BCUT2D eigenvalue weighted by molar-refractivity contribution is 9.10. The lowest BCUT2D eigenvalue weighted by Gasteiger charge is -2.28. The lowest BCUT2D eigenvalue weighted by Crippen LogP contribution is -2.46. The van der Waals surface area contributed by atoms with Gasteiger partial charge in [0.25, 0.3) is 0 Å². The number of hydrogen-bond donors (Lipinski definition) is 2. The third-order valence-electron chi connectivity index (χ3n) is 3.52. The van der Waals surface area contributed by atoms with Crippen LogP contribution in [0.25, 0.3) is 0 Å². The van der Waals surface area contributed by atoms with Crippen LogP contribution in [0.4, 0.5) is 0 Å². The molecule has 0 aromatic heterocycles. The van der Waals surface area contributed by atoms with E-state index in [2.05, 4.69) is 45.6 Å². The first-order valence-electron chi connectivity index (χ1n) is 6.90. The molecule has 2 unspecified atom stereocenters.